The van der Waals surface area contributed by atoms with Gasteiger partial charge in [0.2, 0.25) is 0 Å². The van der Waals surface area contributed by atoms with Gasteiger partial charge >= 0.3 is 5.97 Å². The number of hydrogen-bond acceptors (Lipinski definition) is 5. The number of fused-ring (bicyclic) bond motifs is 1. The number of carboxylic acid groups (broad SMARTS) is 1. The number of ether oxygens (including phenoxy) is 2. The number of unbranched alkanes of at least 4 members (excludes halogenated alkanes) is 2. The third kappa shape index (κ3) is 5.72. The molecule has 1 unspecified atom stereocenters. The Morgan fingerprint density at radius 3 is 2.55 bits per heavy atom. The summed E-state index contributed by atoms with van der Waals surface area (Å²) in [6, 6.07) is 13.3. The SMILES string of the molecule is CCCCCC(COc1ccc(C(=O)O)cc1)c1ccc2c(c1)C(SC)(SC)CCO2. The summed E-state index contributed by atoms with van der Waals surface area (Å²) in [5, 5.41) is 9.09. The topological polar surface area (TPSA) is 55.8 Å². The molecule has 2 aromatic rings. The van der Waals surface area contributed by atoms with Crippen molar-refractivity contribution in [3.63, 3.8) is 0 Å². The van der Waals surface area contributed by atoms with Gasteiger partial charge in [-0.1, -0.05) is 32.3 Å². The number of hydrogen-bond donors (Lipinski definition) is 1. The summed E-state index contributed by atoms with van der Waals surface area (Å²) >= 11 is 3.79. The smallest absolute Gasteiger partial charge is 0.335 e. The van der Waals surface area contributed by atoms with E-state index in [0.717, 1.165) is 31.6 Å². The zero-order chi connectivity index (χ0) is 22.3. The number of benzene rings is 2. The molecule has 1 heterocycles. The van der Waals surface area contributed by atoms with Crippen molar-refractivity contribution in [1.29, 1.82) is 0 Å². The van der Waals surface area contributed by atoms with E-state index >= 15 is 0 Å². The third-order valence-electron chi connectivity index (χ3n) is 5.94. The molecule has 4 nitrogen and oxygen atoms in total. The maximum Gasteiger partial charge on any atom is 0.335 e. The maximum absolute atomic E-state index is 11.1. The minimum atomic E-state index is -0.925. The van der Waals surface area contributed by atoms with Crippen LogP contribution in [0.15, 0.2) is 42.5 Å². The van der Waals surface area contributed by atoms with Crippen molar-refractivity contribution in [2.75, 3.05) is 25.7 Å². The van der Waals surface area contributed by atoms with Gasteiger partial charge in [-0.25, -0.2) is 4.79 Å². The minimum Gasteiger partial charge on any atom is -0.493 e. The van der Waals surface area contributed by atoms with Gasteiger partial charge in [0.05, 0.1) is 22.9 Å². The van der Waals surface area contributed by atoms with Crippen molar-refractivity contribution < 1.29 is 19.4 Å². The number of thioether (sulfide) groups is 2. The molecular formula is C25H32O4S2. The maximum atomic E-state index is 11.1. The van der Waals surface area contributed by atoms with Crippen molar-refractivity contribution in [1.82, 2.24) is 0 Å². The first-order chi connectivity index (χ1) is 15.0. The highest BCUT2D eigenvalue weighted by atomic mass is 32.2. The zero-order valence-corrected chi connectivity index (χ0v) is 20.2. The van der Waals surface area contributed by atoms with Crippen LogP contribution in [0.4, 0.5) is 0 Å². The first-order valence-electron chi connectivity index (χ1n) is 10.9. The fourth-order valence-electron chi connectivity index (χ4n) is 4.04. The fourth-order valence-corrected chi connectivity index (χ4v) is 6.04. The summed E-state index contributed by atoms with van der Waals surface area (Å²) in [6.45, 7) is 3.54. The third-order valence-corrected chi connectivity index (χ3v) is 9.11. The van der Waals surface area contributed by atoms with Crippen molar-refractivity contribution >= 4 is 29.5 Å². The molecule has 0 aliphatic carbocycles. The summed E-state index contributed by atoms with van der Waals surface area (Å²) in [7, 11) is 0. The molecule has 31 heavy (non-hydrogen) atoms. The van der Waals surface area contributed by atoms with E-state index in [4.69, 9.17) is 14.6 Å². The molecular weight excluding hydrogens is 428 g/mol. The standard InChI is InChI=1S/C25H32O4S2/c1-4-5-6-7-20(17-29-21-11-8-18(9-12-21)24(26)27)19-10-13-23-22(16-19)25(30-2,31-3)14-15-28-23/h8-13,16,20H,4-7,14-15,17H2,1-3H3,(H,26,27). The first kappa shape index (κ1) is 23.9. The largest absolute Gasteiger partial charge is 0.493 e. The van der Waals surface area contributed by atoms with Crippen LogP contribution in [0.3, 0.4) is 0 Å². The highest BCUT2D eigenvalue weighted by molar-refractivity contribution is 8.16. The Balaban J connectivity index is 1.82. The lowest BCUT2D eigenvalue weighted by Crippen LogP contribution is -2.26. The fraction of sp³-hybridized carbons (Fsp3) is 0.480. The lowest BCUT2D eigenvalue weighted by Gasteiger charge is -2.37. The number of aromatic carboxylic acids is 1. The number of carboxylic acids is 1. The Hall–Kier alpha value is -1.79. The van der Waals surface area contributed by atoms with Crippen LogP contribution in [0.1, 0.15) is 66.4 Å². The number of carbonyl (C=O) groups is 1. The molecule has 3 rings (SSSR count). The summed E-state index contributed by atoms with van der Waals surface area (Å²) in [6.07, 6.45) is 9.97. The second-order valence-electron chi connectivity index (χ2n) is 7.85. The van der Waals surface area contributed by atoms with Gasteiger partial charge in [0.15, 0.2) is 0 Å². The Morgan fingerprint density at radius 2 is 1.90 bits per heavy atom. The van der Waals surface area contributed by atoms with E-state index in [9.17, 15) is 4.79 Å². The average molecular weight is 461 g/mol. The molecule has 0 bridgehead atoms. The van der Waals surface area contributed by atoms with Crippen LogP contribution in [-0.2, 0) is 4.08 Å². The van der Waals surface area contributed by atoms with Crippen LogP contribution in [0.25, 0.3) is 0 Å². The van der Waals surface area contributed by atoms with E-state index in [-0.39, 0.29) is 15.6 Å². The molecule has 6 heteroatoms. The first-order valence-corrected chi connectivity index (χ1v) is 13.3. The molecule has 168 valence electrons. The van der Waals surface area contributed by atoms with Crippen LogP contribution in [0, 0.1) is 0 Å². The Bertz CT molecular complexity index is 862. The quantitative estimate of drug-likeness (QED) is 0.294. The van der Waals surface area contributed by atoms with E-state index in [1.807, 2.05) is 23.5 Å². The van der Waals surface area contributed by atoms with Gasteiger partial charge in [0, 0.05) is 17.9 Å². The lowest BCUT2D eigenvalue weighted by atomic mass is 9.91. The molecule has 1 aliphatic rings. The van der Waals surface area contributed by atoms with Crippen molar-refractivity contribution in [2.24, 2.45) is 0 Å². The molecule has 0 spiro atoms. The molecule has 0 saturated heterocycles. The van der Waals surface area contributed by atoms with E-state index in [2.05, 4.69) is 37.6 Å². The van der Waals surface area contributed by atoms with Gasteiger partial charge in [0.25, 0.3) is 0 Å². The molecule has 0 saturated carbocycles. The number of rotatable bonds is 11. The van der Waals surface area contributed by atoms with Crippen molar-refractivity contribution in [3.05, 3.63) is 59.2 Å². The molecule has 2 aromatic carbocycles. The molecule has 0 radical (unpaired) electrons. The predicted molar refractivity (Wildman–Crippen MR) is 131 cm³/mol. The van der Waals surface area contributed by atoms with Crippen LogP contribution in [-0.4, -0.2) is 36.8 Å². The van der Waals surface area contributed by atoms with E-state index in [1.165, 1.54) is 24.0 Å². The second-order valence-corrected chi connectivity index (χ2v) is 10.3. The average Bonchev–Trinajstić information content (AvgIpc) is 2.81. The van der Waals surface area contributed by atoms with Gasteiger partial charge in [-0.05, 0) is 60.9 Å². The zero-order valence-electron chi connectivity index (χ0n) is 18.6. The highest BCUT2D eigenvalue weighted by Crippen LogP contribution is 2.53. The van der Waals surface area contributed by atoms with Crippen LogP contribution < -0.4 is 9.47 Å². The van der Waals surface area contributed by atoms with E-state index < -0.39 is 5.97 Å². The van der Waals surface area contributed by atoms with Crippen LogP contribution >= 0.6 is 23.5 Å². The molecule has 0 fully saturated rings. The minimum absolute atomic E-state index is 0.0328. The Labute approximate surface area is 194 Å². The van der Waals surface area contributed by atoms with Crippen molar-refractivity contribution in [3.8, 4) is 11.5 Å². The van der Waals surface area contributed by atoms with E-state index in [0.29, 0.717) is 12.4 Å². The Morgan fingerprint density at radius 1 is 1.16 bits per heavy atom. The van der Waals surface area contributed by atoms with Gasteiger partial charge in [-0.15, -0.1) is 23.5 Å². The van der Waals surface area contributed by atoms with Crippen LogP contribution in [0.2, 0.25) is 0 Å². The lowest BCUT2D eigenvalue weighted by molar-refractivity contribution is 0.0697. The van der Waals surface area contributed by atoms with Gasteiger partial charge in [0.1, 0.15) is 11.5 Å². The summed E-state index contributed by atoms with van der Waals surface area (Å²) in [5.41, 5.74) is 2.84. The highest BCUT2D eigenvalue weighted by Gasteiger charge is 2.37. The molecule has 0 amide bonds. The van der Waals surface area contributed by atoms with Gasteiger partial charge in [-0.2, -0.15) is 0 Å². The molecule has 1 N–H and O–H groups in total. The van der Waals surface area contributed by atoms with Gasteiger partial charge < -0.3 is 14.6 Å². The Kier molecular flexibility index (Phi) is 8.61. The molecule has 1 aliphatic heterocycles. The summed E-state index contributed by atoms with van der Waals surface area (Å²) in [5.74, 6) is 1.05. The van der Waals surface area contributed by atoms with Crippen LogP contribution in [0.5, 0.6) is 11.5 Å². The van der Waals surface area contributed by atoms with Gasteiger partial charge in [-0.3, -0.25) is 0 Å². The van der Waals surface area contributed by atoms with Crippen molar-refractivity contribution in [2.45, 2.75) is 49.0 Å². The molecule has 1 atom stereocenters. The van der Waals surface area contributed by atoms with E-state index in [1.54, 1.807) is 24.3 Å². The molecule has 0 aromatic heterocycles. The summed E-state index contributed by atoms with van der Waals surface area (Å²) in [4.78, 5) is 11.1. The monoisotopic (exact) mass is 460 g/mol. The predicted octanol–water partition coefficient (Wildman–Crippen LogP) is 6.79. The summed E-state index contributed by atoms with van der Waals surface area (Å²) < 4.78 is 12.1. The normalized spacial score (nSPS) is 15.6. The second kappa shape index (κ2) is 11.2.